The summed E-state index contributed by atoms with van der Waals surface area (Å²) < 4.78 is 5.94. The lowest BCUT2D eigenvalue weighted by Gasteiger charge is -2.37. The Labute approximate surface area is 116 Å². The molecule has 3 atom stereocenters. The minimum absolute atomic E-state index is 0.106. The number of rotatable bonds is 2. The first-order valence-corrected chi connectivity index (χ1v) is 6.95. The summed E-state index contributed by atoms with van der Waals surface area (Å²) in [4.78, 5) is 12.8. The van der Waals surface area contributed by atoms with Crippen molar-refractivity contribution >= 4 is 17.7 Å². The van der Waals surface area contributed by atoms with Crippen LogP contribution in [0.4, 0.5) is 4.79 Å². The molecule has 1 aromatic rings. The summed E-state index contributed by atoms with van der Waals surface area (Å²) in [7, 11) is 0. The molecule has 19 heavy (non-hydrogen) atoms. The van der Waals surface area contributed by atoms with E-state index >= 15 is 0 Å². The highest BCUT2D eigenvalue weighted by Crippen LogP contribution is 2.37. The summed E-state index contributed by atoms with van der Waals surface area (Å²) in [5.74, 6) is 0.803. The third-order valence-electron chi connectivity index (χ3n) is 4.03. The van der Waals surface area contributed by atoms with E-state index in [1.165, 1.54) is 0 Å². The Kier molecular flexibility index (Phi) is 3.27. The number of piperidine rings is 1. The maximum absolute atomic E-state index is 11.2. The molecular weight excluding hydrogens is 266 g/mol. The van der Waals surface area contributed by atoms with E-state index in [-0.39, 0.29) is 18.2 Å². The molecule has 0 unspecified atom stereocenters. The fourth-order valence-corrected chi connectivity index (χ4v) is 3.37. The molecule has 2 aliphatic rings. The van der Waals surface area contributed by atoms with Crippen molar-refractivity contribution in [2.45, 2.75) is 43.9 Å². The number of hydrogen-bond donors (Lipinski definition) is 1. The Hall–Kier alpha value is -1.42. The number of carbonyl (C=O) groups is 1. The van der Waals surface area contributed by atoms with Crippen LogP contribution < -0.4 is 4.74 Å². The average molecular weight is 282 g/mol. The third-order valence-corrected chi connectivity index (χ3v) is 4.28. The van der Waals surface area contributed by atoms with Crippen LogP contribution in [0, 0.1) is 0 Å². The minimum atomic E-state index is -0.794. The molecule has 0 aliphatic carbocycles. The van der Waals surface area contributed by atoms with Crippen LogP contribution in [0.2, 0.25) is 5.02 Å². The number of halogens is 1. The average Bonchev–Trinajstić information content (AvgIpc) is 2.65. The molecule has 0 aromatic heterocycles. The molecule has 1 amide bonds. The van der Waals surface area contributed by atoms with Crippen LogP contribution >= 0.6 is 11.6 Å². The molecule has 2 aliphatic heterocycles. The molecular formula is C14H16ClNO3. The molecule has 2 fully saturated rings. The topological polar surface area (TPSA) is 49.8 Å². The SMILES string of the molecule is O=C(O)N1[C@@H]2CC[C@H]1C[C@@H](Oc1ccc(Cl)cc1)C2. The largest absolute Gasteiger partial charge is 0.490 e. The van der Waals surface area contributed by atoms with Gasteiger partial charge in [-0.2, -0.15) is 0 Å². The van der Waals surface area contributed by atoms with Gasteiger partial charge in [0.15, 0.2) is 0 Å². The van der Waals surface area contributed by atoms with Crippen molar-refractivity contribution in [3.63, 3.8) is 0 Å². The lowest BCUT2D eigenvalue weighted by atomic mass is 10.0. The Morgan fingerprint density at radius 1 is 1.21 bits per heavy atom. The second-order valence-electron chi connectivity index (χ2n) is 5.24. The first-order valence-electron chi connectivity index (χ1n) is 6.57. The molecule has 5 heteroatoms. The van der Waals surface area contributed by atoms with E-state index in [0.29, 0.717) is 5.02 Å². The van der Waals surface area contributed by atoms with Gasteiger partial charge in [0.25, 0.3) is 0 Å². The van der Waals surface area contributed by atoms with Crippen molar-refractivity contribution in [1.29, 1.82) is 0 Å². The van der Waals surface area contributed by atoms with Crippen molar-refractivity contribution in [3.8, 4) is 5.75 Å². The van der Waals surface area contributed by atoms with Gasteiger partial charge in [0, 0.05) is 29.9 Å². The van der Waals surface area contributed by atoms with Gasteiger partial charge in [-0.05, 0) is 37.1 Å². The molecule has 0 spiro atoms. The first-order chi connectivity index (χ1) is 9.13. The summed E-state index contributed by atoms with van der Waals surface area (Å²) >= 11 is 5.84. The lowest BCUT2D eigenvalue weighted by molar-refractivity contribution is 0.0496. The van der Waals surface area contributed by atoms with Crippen molar-refractivity contribution < 1.29 is 14.6 Å². The molecule has 2 heterocycles. The van der Waals surface area contributed by atoms with Crippen molar-refractivity contribution in [2.24, 2.45) is 0 Å². The number of benzene rings is 1. The van der Waals surface area contributed by atoms with Gasteiger partial charge in [-0.1, -0.05) is 11.6 Å². The van der Waals surface area contributed by atoms with Crippen LogP contribution in [-0.2, 0) is 0 Å². The quantitative estimate of drug-likeness (QED) is 0.904. The van der Waals surface area contributed by atoms with Gasteiger partial charge in [-0.15, -0.1) is 0 Å². The molecule has 1 N–H and O–H groups in total. The summed E-state index contributed by atoms with van der Waals surface area (Å²) in [5.41, 5.74) is 0. The van der Waals surface area contributed by atoms with Crippen molar-refractivity contribution in [1.82, 2.24) is 4.90 Å². The predicted molar refractivity (Wildman–Crippen MR) is 71.8 cm³/mol. The number of ether oxygens (including phenoxy) is 1. The van der Waals surface area contributed by atoms with Gasteiger partial charge in [0.05, 0.1) is 0 Å². The van der Waals surface area contributed by atoms with Crippen LogP contribution in [0.25, 0.3) is 0 Å². The first kappa shape index (κ1) is 12.6. The highest BCUT2D eigenvalue weighted by Gasteiger charge is 2.44. The Morgan fingerprint density at radius 3 is 2.32 bits per heavy atom. The number of fused-ring (bicyclic) bond motifs is 2. The Bertz CT molecular complexity index is 462. The molecule has 0 saturated carbocycles. The highest BCUT2D eigenvalue weighted by molar-refractivity contribution is 6.30. The van der Waals surface area contributed by atoms with Gasteiger partial charge in [0.1, 0.15) is 11.9 Å². The normalized spacial score (nSPS) is 29.3. The summed E-state index contributed by atoms with van der Waals surface area (Å²) in [5, 5.41) is 9.88. The number of hydrogen-bond acceptors (Lipinski definition) is 2. The summed E-state index contributed by atoms with van der Waals surface area (Å²) in [6.45, 7) is 0. The van der Waals surface area contributed by atoms with E-state index in [1.807, 2.05) is 12.1 Å². The lowest BCUT2D eigenvalue weighted by Crippen LogP contribution is -2.48. The fraction of sp³-hybridized carbons (Fsp3) is 0.500. The zero-order valence-corrected chi connectivity index (χ0v) is 11.2. The van der Waals surface area contributed by atoms with Gasteiger partial charge in [0.2, 0.25) is 0 Å². The maximum atomic E-state index is 11.2. The van der Waals surface area contributed by atoms with E-state index in [0.717, 1.165) is 31.4 Å². The standard InChI is InChI=1S/C14H16ClNO3/c15-9-1-5-12(6-2-9)19-13-7-10-3-4-11(8-13)16(10)14(17)18/h1-2,5-6,10-11,13H,3-4,7-8H2,(H,17,18)/t10-,11+,13+. The molecule has 1 aromatic carbocycles. The van der Waals surface area contributed by atoms with Crippen LogP contribution in [0.5, 0.6) is 5.75 Å². The van der Waals surface area contributed by atoms with Crippen molar-refractivity contribution in [3.05, 3.63) is 29.3 Å². The third kappa shape index (κ3) is 2.50. The van der Waals surface area contributed by atoms with E-state index in [1.54, 1.807) is 17.0 Å². The van der Waals surface area contributed by atoms with Gasteiger partial charge < -0.3 is 14.7 Å². The molecule has 3 rings (SSSR count). The van der Waals surface area contributed by atoms with Crippen LogP contribution in [0.1, 0.15) is 25.7 Å². The zero-order valence-electron chi connectivity index (χ0n) is 10.5. The predicted octanol–water partition coefficient (Wildman–Crippen LogP) is 3.39. The Morgan fingerprint density at radius 2 is 1.79 bits per heavy atom. The monoisotopic (exact) mass is 281 g/mol. The number of amides is 1. The Balaban J connectivity index is 1.66. The van der Waals surface area contributed by atoms with Crippen LogP contribution in [-0.4, -0.2) is 34.3 Å². The van der Waals surface area contributed by atoms with E-state index in [4.69, 9.17) is 16.3 Å². The minimum Gasteiger partial charge on any atom is -0.490 e. The molecule has 4 nitrogen and oxygen atoms in total. The second-order valence-corrected chi connectivity index (χ2v) is 5.68. The van der Waals surface area contributed by atoms with Crippen LogP contribution in [0.15, 0.2) is 24.3 Å². The van der Waals surface area contributed by atoms with Gasteiger partial charge in [-0.3, -0.25) is 0 Å². The van der Waals surface area contributed by atoms with E-state index in [2.05, 4.69) is 0 Å². The molecule has 0 radical (unpaired) electrons. The maximum Gasteiger partial charge on any atom is 0.407 e. The van der Waals surface area contributed by atoms with E-state index in [9.17, 15) is 9.90 Å². The second kappa shape index (κ2) is 4.93. The van der Waals surface area contributed by atoms with E-state index < -0.39 is 6.09 Å². The van der Waals surface area contributed by atoms with Gasteiger partial charge in [-0.25, -0.2) is 4.79 Å². The van der Waals surface area contributed by atoms with Crippen molar-refractivity contribution in [2.75, 3.05) is 0 Å². The molecule has 102 valence electrons. The van der Waals surface area contributed by atoms with Crippen LogP contribution in [0.3, 0.4) is 0 Å². The van der Waals surface area contributed by atoms with Gasteiger partial charge >= 0.3 is 6.09 Å². The fourth-order valence-electron chi connectivity index (χ4n) is 3.24. The number of carboxylic acid groups (broad SMARTS) is 1. The molecule has 2 bridgehead atoms. The smallest absolute Gasteiger partial charge is 0.407 e. The zero-order chi connectivity index (χ0) is 13.4. The summed E-state index contributed by atoms with van der Waals surface area (Å²) in [6.07, 6.45) is 2.79. The molecule has 2 saturated heterocycles. The summed E-state index contributed by atoms with van der Waals surface area (Å²) in [6, 6.07) is 7.55. The highest BCUT2D eigenvalue weighted by atomic mass is 35.5. The number of nitrogens with zero attached hydrogens (tertiary/aromatic N) is 1.